The topological polar surface area (TPSA) is 9.23 Å². The van der Waals surface area contributed by atoms with E-state index in [-0.39, 0.29) is 0 Å². The molecular formula is C6H4BrF5OS. The first kappa shape index (κ1) is 11.6. The second-order valence-electron chi connectivity index (χ2n) is 2.44. The zero-order chi connectivity index (χ0) is 11.1. The van der Waals surface area contributed by atoms with Crippen molar-refractivity contribution in [2.45, 2.75) is 0 Å². The van der Waals surface area contributed by atoms with Crippen LogP contribution in [0.5, 0.6) is 5.75 Å². The maximum atomic E-state index is 11.8. The number of hydrogen-bond donors (Lipinski definition) is 0. The lowest BCUT2D eigenvalue weighted by Gasteiger charge is -2.39. The van der Waals surface area contributed by atoms with Crippen LogP contribution < -0.4 is 4.18 Å². The summed E-state index contributed by atoms with van der Waals surface area (Å²) >= 11 is 2.94. The molecule has 0 saturated heterocycles. The predicted octanol–water partition coefficient (Wildman–Crippen LogP) is 5.04. The Bertz CT molecular complexity index is 343. The molecule has 14 heavy (non-hydrogen) atoms. The van der Waals surface area contributed by atoms with Crippen LogP contribution in [0, 0.1) is 0 Å². The molecule has 1 nitrogen and oxygen atoms in total. The third kappa shape index (κ3) is 4.66. The van der Waals surface area contributed by atoms with Gasteiger partial charge in [-0.2, -0.15) is 0 Å². The van der Waals surface area contributed by atoms with Crippen LogP contribution in [0.2, 0.25) is 0 Å². The zero-order valence-electron chi connectivity index (χ0n) is 6.39. The van der Waals surface area contributed by atoms with Crippen molar-refractivity contribution in [3.63, 3.8) is 0 Å². The van der Waals surface area contributed by atoms with E-state index in [0.29, 0.717) is 4.47 Å². The average molecular weight is 299 g/mol. The van der Waals surface area contributed by atoms with Gasteiger partial charge in [0.25, 0.3) is 0 Å². The number of halogens is 6. The molecular weight excluding hydrogens is 295 g/mol. The van der Waals surface area contributed by atoms with E-state index in [0.717, 1.165) is 12.1 Å². The van der Waals surface area contributed by atoms with E-state index >= 15 is 0 Å². The molecule has 1 aromatic carbocycles. The zero-order valence-corrected chi connectivity index (χ0v) is 8.80. The molecule has 0 unspecified atom stereocenters. The van der Waals surface area contributed by atoms with Gasteiger partial charge in [-0.3, -0.25) is 0 Å². The van der Waals surface area contributed by atoms with Crippen LogP contribution in [-0.2, 0) is 0 Å². The quantitative estimate of drug-likeness (QED) is 0.695. The Hall–Kier alpha value is -0.500. The van der Waals surface area contributed by atoms with Gasteiger partial charge in [0.05, 0.1) is 0 Å². The highest BCUT2D eigenvalue weighted by molar-refractivity contribution is 9.10. The molecule has 0 spiro atoms. The van der Waals surface area contributed by atoms with E-state index < -0.39 is 16.3 Å². The van der Waals surface area contributed by atoms with Gasteiger partial charge in [0, 0.05) is 4.47 Å². The molecule has 1 aromatic rings. The van der Waals surface area contributed by atoms with Crippen molar-refractivity contribution in [3.05, 3.63) is 28.7 Å². The number of rotatable bonds is 2. The van der Waals surface area contributed by atoms with Crippen LogP contribution in [0.15, 0.2) is 28.7 Å². The summed E-state index contributed by atoms with van der Waals surface area (Å²) in [6.45, 7) is 0. The van der Waals surface area contributed by atoms with Crippen molar-refractivity contribution in [2.75, 3.05) is 0 Å². The predicted molar refractivity (Wildman–Crippen MR) is 47.9 cm³/mol. The Morgan fingerprint density at radius 2 is 1.36 bits per heavy atom. The molecule has 1 rings (SSSR count). The van der Waals surface area contributed by atoms with Crippen molar-refractivity contribution in [1.82, 2.24) is 0 Å². The second kappa shape index (κ2) is 2.54. The Morgan fingerprint density at radius 1 is 0.929 bits per heavy atom. The molecule has 0 bridgehead atoms. The van der Waals surface area contributed by atoms with Gasteiger partial charge in [-0.05, 0) is 24.3 Å². The Balaban J connectivity index is 2.97. The van der Waals surface area contributed by atoms with Crippen molar-refractivity contribution >= 4 is 26.4 Å². The van der Waals surface area contributed by atoms with Crippen molar-refractivity contribution < 1.29 is 23.6 Å². The summed E-state index contributed by atoms with van der Waals surface area (Å²) < 4.78 is 62.1. The van der Waals surface area contributed by atoms with Gasteiger partial charge < -0.3 is 4.18 Å². The smallest absolute Gasteiger partial charge is 0.355 e. The number of benzene rings is 1. The Morgan fingerprint density at radius 3 is 1.71 bits per heavy atom. The molecule has 0 aliphatic carbocycles. The van der Waals surface area contributed by atoms with Gasteiger partial charge >= 0.3 is 10.5 Å². The van der Waals surface area contributed by atoms with E-state index in [2.05, 4.69) is 20.1 Å². The summed E-state index contributed by atoms with van der Waals surface area (Å²) in [6.07, 6.45) is 0. The van der Waals surface area contributed by atoms with Gasteiger partial charge in [-0.15, -0.1) is 0 Å². The maximum absolute atomic E-state index is 11.8. The summed E-state index contributed by atoms with van der Waals surface area (Å²) in [6, 6.07) is 3.92. The summed E-state index contributed by atoms with van der Waals surface area (Å²) in [5.74, 6) is -0.938. The van der Waals surface area contributed by atoms with Crippen LogP contribution in [0.1, 0.15) is 0 Å². The van der Waals surface area contributed by atoms with Crippen LogP contribution in [-0.4, -0.2) is 0 Å². The Labute approximate surface area is 84.9 Å². The molecule has 0 atom stereocenters. The van der Waals surface area contributed by atoms with Crippen LogP contribution >= 0.6 is 26.4 Å². The first-order valence-corrected chi connectivity index (χ1v) is 5.82. The van der Waals surface area contributed by atoms with E-state index in [1.54, 1.807) is 0 Å². The molecule has 8 heteroatoms. The third-order valence-electron chi connectivity index (χ3n) is 1.07. The van der Waals surface area contributed by atoms with E-state index in [4.69, 9.17) is 0 Å². The van der Waals surface area contributed by atoms with Crippen LogP contribution in [0.4, 0.5) is 19.4 Å². The van der Waals surface area contributed by atoms with Gasteiger partial charge in [0.15, 0.2) is 0 Å². The average Bonchev–Trinajstić information content (AvgIpc) is 1.88. The molecule has 0 aliphatic rings. The third-order valence-corrected chi connectivity index (χ3v) is 2.10. The van der Waals surface area contributed by atoms with Gasteiger partial charge in [0.2, 0.25) is 0 Å². The highest BCUT2D eigenvalue weighted by atomic mass is 79.9. The fourth-order valence-corrected chi connectivity index (χ4v) is 1.41. The first-order valence-electron chi connectivity index (χ1n) is 3.15. The minimum Gasteiger partial charge on any atom is -0.355 e. The molecule has 82 valence electrons. The highest BCUT2D eigenvalue weighted by Crippen LogP contribution is 2.97. The van der Waals surface area contributed by atoms with Crippen LogP contribution in [0.25, 0.3) is 0 Å². The summed E-state index contributed by atoms with van der Waals surface area (Å²) in [4.78, 5) is 0. The fourth-order valence-electron chi connectivity index (χ4n) is 0.672. The molecule has 0 aliphatic heterocycles. The van der Waals surface area contributed by atoms with Crippen molar-refractivity contribution in [1.29, 1.82) is 0 Å². The van der Waals surface area contributed by atoms with Gasteiger partial charge in [-0.25, -0.2) is 0 Å². The summed E-state index contributed by atoms with van der Waals surface area (Å²) in [5, 5.41) is 0. The van der Waals surface area contributed by atoms with Gasteiger partial charge in [-0.1, -0.05) is 35.4 Å². The van der Waals surface area contributed by atoms with Crippen molar-refractivity contribution in [2.24, 2.45) is 0 Å². The molecule has 0 amide bonds. The monoisotopic (exact) mass is 298 g/mol. The normalized spacial score (nSPS) is 17.0. The number of hydrogen-bond acceptors (Lipinski definition) is 1. The maximum Gasteiger partial charge on any atom is 0.435 e. The van der Waals surface area contributed by atoms with Crippen molar-refractivity contribution in [3.8, 4) is 5.75 Å². The summed E-state index contributed by atoms with van der Waals surface area (Å²) in [5.41, 5.74) is 0. The van der Waals surface area contributed by atoms with E-state index in [1.807, 2.05) is 0 Å². The molecule has 0 heterocycles. The second-order valence-corrected chi connectivity index (χ2v) is 5.31. The molecule has 0 saturated carbocycles. The molecule has 0 N–H and O–H groups in total. The fraction of sp³-hybridized carbons (Fsp3) is 0. The lowest BCUT2D eigenvalue weighted by atomic mass is 10.3. The minimum absolute atomic E-state index is 0.465. The standard InChI is InChI=1S/C6H4BrF5OS/c7-5-1-3-6(4-2-5)13-14(8,9,10,11)12/h1-4H. The Kier molecular flexibility index (Phi) is 2.10. The van der Waals surface area contributed by atoms with Crippen LogP contribution in [0.3, 0.4) is 0 Å². The first-order chi connectivity index (χ1) is 5.95. The summed E-state index contributed by atoms with van der Waals surface area (Å²) in [7, 11) is -9.82. The minimum atomic E-state index is -9.82. The van der Waals surface area contributed by atoms with Gasteiger partial charge in [0.1, 0.15) is 5.75 Å². The lowest BCUT2D eigenvalue weighted by molar-refractivity contribution is 0.243. The molecule has 0 aromatic heterocycles. The lowest BCUT2D eigenvalue weighted by Crippen LogP contribution is -2.13. The SMILES string of the molecule is FS(F)(F)(F)(F)Oc1ccc(Br)cc1. The highest BCUT2D eigenvalue weighted by Gasteiger charge is 2.67. The van der Waals surface area contributed by atoms with E-state index in [9.17, 15) is 19.4 Å². The molecule has 0 radical (unpaired) electrons. The molecule has 0 fully saturated rings. The van der Waals surface area contributed by atoms with E-state index in [1.165, 1.54) is 12.1 Å². The largest absolute Gasteiger partial charge is 0.435 e.